The third-order valence-corrected chi connectivity index (χ3v) is 3.46. The fourth-order valence-electron chi connectivity index (χ4n) is 2.30. The van der Waals surface area contributed by atoms with Gasteiger partial charge in [-0.3, -0.25) is 0 Å². The molecule has 1 aliphatic heterocycles. The zero-order valence-electron chi connectivity index (χ0n) is 11.3. The standard InChI is InChI=1S/C15H12BF3O2/c1-16-14-8-13(5-2-10(14)9-20-16)21-12-6-3-11(4-7-12)15(17,18)19/h2-8H,9H2,1H3. The van der Waals surface area contributed by atoms with E-state index in [2.05, 4.69) is 0 Å². The fourth-order valence-corrected chi connectivity index (χ4v) is 2.30. The van der Waals surface area contributed by atoms with E-state index in [1.54, 1.807) is 6.07 Å². The van der Waals surface area contributed by atoms with Crippen molar-refractivity contribution in [2.45, 2.75) is 19.6 Å². The van der Waals surface area contributed by atoms with Crippen LogP contribution in [0.4, 0.5) is 13.2 Å². The van der Waals surface area contributed by atoms with E-state index in [0.717, 1.165) is 23.2 Å². The first kappa shape index (κ1) is 14.0. The molecule has 0 radical (unpaired) electrons. The number of fused-ring (bicyclic) bond motifs is 1. The van der Waals surface area contributed by atoms with Crippen LogP contribution in [0.3, 0.4) is 0 Å². The average molecular weight is 292 g/mol. The van der Waals surface area contributed by atoms with E-state index < -0.39 is 11.7 Å². The Morgan fingerprint density at radius 1 is 1.05 bits per heavy atom. The Labute approximate surface area is 120 Å². The summed E-state index contributed by atoms with van der Waals surface area (Å²) in [7, 11) is 0. The second kappa shape index (κ2) is 5.11. The summed E-state index contributed by atoms with van der Waals surface area (Å²) in [5.41, 5.74) is 1.48. The third kappa shape index (κ3) is 2.90. The van der Waals surface area contributed by atoms with Gasteiger partial charge in [-0.15, -0.1) is 0 Å². The molecule has 21 heavy (non-hydrogen) atoms. The summed E-state index contributed by atoms with van der Waals surface area (Å²) in [5.74, 6) is 0.959. The Bertz CT molecular complexity index is 653. The van der Waals surface area contributed by atoms with Crippen LogP contribution in [0.5, 0.6) is 11.5 Å². The zero-order valence-corrected chi connectivity index (χ0v) is 11.3. The Kier molecular flexibility index (Phi) is 3.41. The summed E-state index contributed by atoms with van der Waals surface area (Å²) >= 11 is 0. The first-order chi connectivity index (χ1) is 9.93. The highest BCUT2D eigenvalue weighted by Crippen LogP contribution is 2.31. The lowest BCUT2D eigenvalue weighted by molar-refractivity contribution is -0.137. The number of ether oxygens (including phenoxy) is 1. The maximum absolute atomic E-state index is 12.5. The maximum Gasteiger partial charge on any atom is 0.416 e. The summed E-state index contributed by atoms with van der Waals surface area (Å²) in [4.78, 5) is 0. The highest BCUT2D eigenvalue weighted by Gasteiger charge is 2.30. The van der Waals surface area contributed by atoms with Crippen LogP contribution in [0.2, 0.25) is 6.82 Å². The van der Waals surface area contributed by atoms with Gasteiger partial charge in [0.15, 0.2) is 0 Å². The van der Waals surface area contributed by atoms with Crippen molar-refractivity contribution < 1.29 is 22.6 Å². The lowest BCUT2D eigenvalue weighted by Gasteiger charge is -2.10. The van der Waals surface area contributed by atoms with Crippen molar-refractivity contribution in [2.24, 2.45) is 0 Å². The van der Waals surface area contributed by atoms with E-state index in [1.165, 1.54) is 12.1 Å². The van der Waals surface area contributed by atoms with Crippen LogP contribution >= 0.6 is 0 Å². The van der Waals surface area contributed by atoms with E-state index in [1.807, 2.05) is 19.0 Å². The van der Waals surface area contributed by atoms with Gasteiger partial charge in [0.2, 0.25) is 0 Å². The van der Waals surface area contributed by atoms with Gasteiger partial charge >= 0.3 is 13.1 Å². The predicted octanol–water partition coefficient (Wildman–Crippen LogP) is 3.86. The number of halogens is 3. The lowest BCUT2D eigenvalue weighted by Crippen LogP contribution is -2.24. The Morgan fingerprint density at radius 3 is 2.38 bits per heavy atom. The molecule has 6 heteroatoms. The molecule has 2 aromatic rings. The van der Waals surface area contributed by atoms with Crippen LogP contribution < -0.4 is 10.2 Å². The minimum atomic E-state index is -4.33. The molecular formula is C15H12BF3O2. The molecular weight excluding hydrogens is 280 g/mol. The summed E-state index contributed by atoms with van der Waals surface area (Å²) in [6.45, 7) is 2.54. The molecule has 3 rings (SSSR count). The van der Waals surface area contributed by atoms with Crippen molar-refractivity contribution in [3.05, 3.63) is 53.6 Å². The maximum atomic E-state index is 12.5. The van der Waals surface area contributed by atoms with Crippen LogP contribution in [-0.2, 0) is 17.4 Å². The minimum Gasteiger partial charge on any atom is -0.457 e. The first-order valence-corrected chi connectivity index (χ1v) is 6.53. The van der Waals surface area contributed by atoms with Crippen molar-refractivity contribution in [3.63, 3.8) is 0 Å². The van der Waals surface area contributed by atoms with Gasteiger partial charge in [0.1, 0.15) is 11.5 Å². The molecule has 0 bridgehead atoms. The van der Waals surface area contributed by atoms with E-state index in [0.29, 0.717) is 18.1 Å². The summed E-state index contributed by atoms with van der Waals surface area (Å²) in [6.07, 6.45) is -4.33. The Morgan fingerprint density at radius 2 is 1.71 bits per heavy atom. The number of hydrogen-bond donors (Lipinski definition) is 0. The average Bonchev–Trinajstić information content (AvgIpc) is 2.80. The van der Waals surface area contributed by atoms with E-state index in [9.17, 15) is 13.2 Å². The molecule has 0 aromatic heterocycles. The Balaban J connectivity index is 1.80. The van der Waals surface area contributed by atoms with Gasteiger partial charge in [0.05, 0.1) is 12.2 Å². The molecule has 2 aromatic carbocycles. The van der Waals surface area contributed by atoms with Gasteiger partial charge in [0, 0.05) is 0 Å². The highest BCUT2D eigenvalue weighted by atomic mass is 19.4. The van der Waals surface area contributed by atoms with Crippen molar-refractivity contribution in [2.75, 3.05) is 0 Å². The summed E-state index contributed by atoms with van der Waals surface area (Å²) in [5, 5.41) is 0. The molecule has 0 atom stereocenters. The molecule has 1 aliphatic rings. The summed E-state index contributed by atoms with van der Waals surface area (Å²) in [6, 6.07) is 10.2. The fraction of sp³-hybridized carbons (Fsp3) is 0.200. The van der Waals surface area contributed by atoms with Gasteiger partial charge in [-0.1, -0.05) is 12.9 Å². The van der Waals surface area contributed by atoms with E-state index in [4.69, 9.17) is 9.39 Å². The number of alkyl halides is 3. The van der Waals surface area contributed by atoms with Gasteiger partial charge in [-0.05, 0) is 47.4 Å². The Hall–Kier alpha value is -1.95. The molecule has 1 heterocycles. The first-order valence-electron chi connectivity index (χ1n) is 6.53. The second-order valence-electron chi connectivity index (χ2n) is 4.94. The molecule has 0 saturated carbocycles. The molecule has 0 unspecified atom stereocenters. The largest absolute Gasteiger partial charge is 0.457 e. The molecule has 0 fully saturated rings. The lowest BCUT2D eigenvalue weighted by atomic mass is 9.64. The predicted molar refractivity (Wildman–Crippen MR) is 74.0 cm³/mol. The molecule has 0 saturated heterocycles. The molecule has 0 amide bonds. The van der Waals surface area contributed by atoms with Crippen molar-refractivity contribution in [1.82, 2.24) is 0 Å². The van der Waals surface area contributed by atoms with Gasteiger partial charge in [-0.2, -0.15) is 13.2 Å². The van der Waals surface area contributed by atoms with Crippen molar-refractivity contribution in [1.29, 1.82) is 0 Å². The third-order valence-electron chi connectivity index (χ3n) is 3.46. The smallest absolute Gasteiger partial charge is 0.416 e. The van der Waals surface area contributed by atoms with Crippen molar-refractivity contribution >= 4 is 12.4 Å². The molecule has 0 N–H and O–H groups in total. The summed E-state index contributed by atoms with van der Waals surface area (Å²) < 4.78 is 48.6. The topological polar surface area (TPSA) is 18.5 Å². The van der Waals surface area contributed by atoms with Crippen LogP contribution in [0, 0.1) is 0 Å². The minimum absolute atomic E-state index is 0.0103. The zero-order chi connectivity index (χ0) is 15.0. The SMILES string of the molecule is CB1OCc2ccc(Oc3ccc(C(F)(F)F)cc3)cc21. The van der Waals surface area contributed by atoms with Gasteiger partial charge in [-0.25, -0.2) is 0 Å². The molecule has 0 aliphatic carbocycles. The van der Waals surface area contributed by atoms with E-state index >= 15 is 0 Å². The van der Waals surface area contributed by atoms with Crippen LogP contribution in [-0.4, -0.2) is 6.92 Å². The van der Waals surface area contributed by atoms with Crippen LogP contribution in [0.1, 0.15) is 11.1 Å². The number of benzene rings is 2. The van der Waals surface area contributed by atoms with Gasteiger partial charge < -0.3 is 9.39 Å². The number of rotatable bonds is 2. The van der Waals surface area contributed by atoms with Crippen molar-refractivity contribution in [3.8, 4) is 11.5 Å². The number of hydrogen-bond acceptors (Lipinski definition) is 2. The normalized spacial score (nSPS) is 14.2. The monoisotopic (exact) mass is 292 g/mol. The second-order valence-corrected chi connectivity index (χ2v) is 4.94. The van der Waals surface area contributed by atoms with E-state index in [-0.39, 0.29) is 6.92 Å². The molecule has 2 nitrogen and oxygen atoms in total. The van der Waals surface area contributed by atoms with Gasteiger partial charge in [0.25, 0.3) is 0 Å². The van der Waals surface area contributed by atoms with Crippen LogP contribution in [0.25, 0.3) is 0 Å². The quantitative estimate of drug-likeness (QED) is 0.783. The molecule has 108 valence electrons. The molecule has 0 spiro atoms. The highest BCUT2D eigenvalue weighted by molar-refractivity contribution is 6.67. The van der Waals surface area contributed by atoms with Crippen LogP contribution in [0.15, 0.2) is 42.5 Å².